The molecule has 0 saturated carbocycles. The third-order valence-corrected chi connectivity index (χ3v) is 2.45. The van der Waals surface area contributed by atoms with Crippen molar-refractivity contribution in [2.75, 3.05) is 0 Å². The van der Waals surface area contributed by atoms with E-state index < -0.39 is 5.97 Å². The number of hydrogen-bond acceptors (Lipinski definition) is 2. The number of carbonyl (C=O) groups excluding carboxylic acids is 1. The SMILES string of the molecule is CC(=O)[O-].CCn1cc[n+](C)c1-c1ccccc1. The molecule has 0 aliphatic heterocycles. The molecule has 0 amide bonds. The molecule has 0 bridgehead atoms. The third kappa shape index (κ3) is 3.73. The Labute approximate surface area is 107 Å². The van der Waals surface area contributed by atoms with Gasteiger partial charge in [0.15, 0.2) is 0 Å². The maximum absolute atomic E-state index is 8.89. The number of aryl methyl sites for hydroxylation is 2. The van der Waals surface area contributed by atoms with Crippen molar-refractivity contribution in [3.8, 4) is 11.4 Å². The van der Waals surface area contributed by atoms with E-state index in [0.717, 1.165) is 13.5 Å². The zero-order valence-electron chi connectivity index (χ0n) is 11.0. The van der Waals surface area contributed by atoms with Crippen LogP contribution < -0.4 is 9.67 Å². The van der Waals surface area contributed by atoms with Crippen LogP contribution in [0.25, 0.3) is 11.4 Å². The number of hydrogen-bond donors (Lipinski definition) is 0. The van der Waals surface area contributed by atoms with E-state index >= 15 is 0 Å². The summed E-state index contributed by atoms with van der Waals surface area (Å²) in [7, 11) is 2.08. The summed E-state index contributed by atoms with van der Waals surface area (Å²) in [5.74, 6) is 0.174. The van der Waals surface area contributed by atoms with Crippen molar-refractivity contribution in [1.82, 2.24) is 4.57 Å². The van der Waals surface area contributed by atoms with Crippen LogP contribution in [-0.4, -0.2) is 10.5 Å². The number of benzene rings is 1. The van der Waals surface area contributed by atoms with E-state index in [1.54, 1.807) is 0 Å². The second kappa shape index (κ2) is 6.59. The van der Waals surface area contributed by atoms with Crippen molar-refractivity contribution in [1.29, 1.82) is 0 Å². The van der Waals surface area contributed by atoms with Crippen molar-refractivity contribution in [2.24, 2.45) is 7.05 Å². The summed E-state index contributed by atoms with van der Waals surface area (Å²) < 4.78 is 4.40. The summed E-state index contributed by atoms with van der Waals surface area (Å²) >= 11 is 0. The predicted octanol–water partition coefficient (Wildman–Crippen LogP) is 0.756. The highest BCUT2D eigenvalue weighted by Gasteiger charge is 2.14. The average Bonchev–Trinajstić information content (AvgIpc) is 2.71. The smallest absolute Gasteiger partial charge is 0.288 e. The Morgan fingerprint density at radius 2 is 1.89 bits per heavy atom. The molecule has 4 nitrogen and oxygen atoms in total. The largest absolute Gasteiger partial charge is 0.550 e. The molecule has 0 unspecified atom stereocenters. The van der Waals surface area contributed by atoms with E-state index in [-0.39, 0.29) is 0 Å². The van der Waals surface area contributed by atoms with Crippen LogP contribution in [0.15, 0.2) is 42.7 Å². The van der Waals surface area contributed by atoms with Crippen molar-refractivity contribution in [3.05, 3.63) is 42.7 Å². The van der Waals surface area contributed by atoms with E-state index in [1.165, 1.54) is 11.4 Å². The molecule has 1 aromatic heterocycles. The molecule has 1 aromatic carbocycles. The Bertz CT molecular complexity index is 500. The van der Waals surface area contributed by atoms with Crippen LogP contribution in [0.3, 0.4) is 0 Å². The lowest BCUT2D eigenvalue weighted by Gasteiger charge is -1.99. The van der Waals surface area contributed by atoms with Gasteiger partial charge < -0.3 is 9.90 Å². The Kier molecular flexibility index (Phi) is 5.11. The van der Waals surface area contributed by atoms with Crippen LogP contribution in [0, 0.1) is 0 Å². The van der Waals surface area contributed by atoms with Crippen LogP contribution in [0.5, 0.6) is 0 Å². The number of nitrogens with zero attached hydrogens (tertiary/aromatic N) is 2. The number of carbonyl (C=O) groups is 1. The van der Waals surface area contributed by atoms with Gasteiger partial charge in [-0.1, -0.05) is 18.2 Å². The molecule has 2 aromatic rings. The monoisotopic (exact) mass is 246 g/mol. The fraction of sp³-hybridized carbons (Fsp3) is 0.286. The Hall–Kier alpha value is -2.10. The van der Waals surface area contributed by atoms with E-state index in [0.29, 0.717) is 0 Å². The molecule has 96 valence electrons. The second-order valence-corrected chi connectivity index (χ2v) is 3.88. The summed E-state index contributed by atoms with van der Waals surface area (Å²) in [4.78, 5) is 8.89. The van der Waals surface area contributed by atoms with Crippen LogP contribution in [0.4, 0.5) is 0 Å². The number of rotatable bonds is 2. The first-order chi connectivity index (χ1) is 8.56. The summed E-state index contributed by atoms with van der Waals surface area (Å²) in [5.41, 5.74) is 1.27. The standard InChI is InChI=1S/C12H15N2.C2H4O2/c1-3-14-10-9-13(2)12(14)11-7-5-4-6-8-11;1-2(3)4/h4-10H,3H2,1-2H3;1H3,(H,3,4)/q+1;/p-1. The van der Waals surface area contributed by atoms with Crippen molar-refractivity contribution < 1.29 is 14.5 Å². The molecular formula is C14H18N2O2. The van der Waals surface area contributed by atoms with Crippen molar-refractivity contribution >= 4 is 5.97 Å². The van der Waals surface area contributed by atoms with Crippen LogP contribution in [-0.2, 0) is 18.4 Å². The van der Waals surface area contributed by atoms with Gasteiger partial charge in [-0.2, -0.15) is 0 Å². The topological polar surface area (TPSA) is 48.9 Å². The third-order valence-electron chi connectivity index (χ3n) is 2.45. The fourth-order valence-corrected chi connectivity index (χ4v) is 1.74. The van der Waals surface area contributed by atoms with Gasteiger partial charge in [0, 0.05) is 5.97 Å². The lowest BCUT2D eigenvalue weighted by atomic mass is 10.2. The molecular weight excluding hydrogens is 228 g/mol. The minimum Gasteiger partial charge on any atom is -0.550 e. The zero-order chi connectivity index (χ0) is 13.5. The van der Waals surface area contributed by atoms with Crippen LogP contribution in [0.1, 0.15) is 13.8 Å². The minimum atomic E-state index is -1.08. The highest BCUT2D eigenvalue weighted by Crippen LogP contribution is 2.14. The predicted molar refractivity (Wildman–Crippen MR) is 67.4 cm³/mol. The quantitative estimate of drug-likeness (QED) is 0.734. The maximum atomic E-state index is 8.89. The fourth-order valence-electron chi connectivity index (χ4n) is 1.74. The molecule has 0 saturated heterocycles. The lowest BCUT2D eigenvalue weighted by molar-refractivity contribution is -0.659. The van der Waals surface area contributed by atoms with Gasteiger partial charge in [0.2, 0.25) is 0 Å². The van der Waals surface area contributed by atoms with Gasteiger partial charge in [0.25, 0.3) is 5.82 Å². The Morgan fingerprint density at radius 1 is 1.33 bits per heavy atom. The molecule has 18 heavy (non-hydrogen) atoms. The first kappa shape index (κ1) is 14.0. The molecule has 0 aliphatic carbocycles. The van der Waals surface area contributed by atoms with E-state index in [1.807, 2.05) is 6.07 Å². The summed E-state index contributed by atoms with van der Waals surface area (Å²) in [5, 5.41) is 8.89. The molecule has 0 radical (unpaired) electrons. The second-order valence-electron chi connectivity index (χ2n) is 3.88. The maximum Gasteiger partial charge on any atom is 0.288 e. The molecule has 2 rings (SSSR count). The van der Waals surface area contributed by atoms with Gasteiger partial charge in [-0.25, -0.2) is 9.13 Å². The number of carboxylic acids is 1. The van der Waals surface area contributed by atoms with Gasteiger partial charge in [-0.3, -0.25) is 0 Å². The average molecular weight is 246 g/mol. The van der Waals surface area contributed by atoms with Crippen molar-refractivity contribution in [2.45, 2.75) is 20.4 Å². The Morgan fingerprint density at radius 3 is 2.39 bits per heavy atom. The highest BCUT2D eigenvalue weighted by atomic mass is 16.4. The number of imidazole rings is 1. The van der Waals surface area contributed by atoms with E-state index in [2.05, 4.69) is 59.8 Å². The van der Waals surface area contributed by atoms with Gasteiger partial charge in [-0.15, -0.1) is 0 Å². The van der Waals surface area contributed by atoms with Gasteiger partial charge in [-0.05, 0) is 26.0 Å². The minimum absolute atomic E-state index is 0.972. The first-order valence-electron chi connectivity index (χ1n) is 5.84. The molecule has 0 aliphatic rings. The van der Waals surface area contributed by atoms with Crippen LogP contribution >= 0.6 is 0 Å². The van der Waals surface area contributed by atoms with E-state index in [4.69, 9.17) is 9.90 Å². The highest BCUT2D eigenvalue weighted by molar-refractivity contribution is 5.60. The van der Waals surface area contributed by atoms with Gasteiger partial charge in [0.05, 0.1) is 19.2 Å². The molecule has 0 fully saturated rings. The number of aromatic nitrogens is 2. The molecule has 0 atom stereocenters. The molecule has 1 heterocycles. The van der Waals surface area contributed by atoms with Gasteiger partial charge in [0.1, 0.15) is 12.4 Å². The zero-order valence-corrected chi connectivity index (χ0v) is 11.0. The normalized spacial score (nSPS) is 9.50. The van der Waals surface area contributed by atoms with Gasteiger partial charge >= 0.3 is 0 Å². The molecule has 4 heteroatoms. The summed E-state index contributed by atoms with van der Waals surface area (Å²) in [6.07, 6.45) is 4.20. The Balaban J connectivity index is 0.000000357. The number of carboxylic acid groups (broad SMARTS) is 1. The molecule has 0 spiro atoms. The van der Waals surface area contributed by atoms with Crippen molar-refractivity contribution in [3.63, 3.8) is 0 Å². The van der Waals surface area contributed by atoms with E-state index in [9.17, 15) is 0 Å². The summed E-state index contributed by atoms with van der Waals surface area (Å²) in [6.45, 7) is 4.14. The summed E-state index contributed by atoms with van der Waals surface area (Å²) in [6, 6.07) is 10.5. The molecule has 0 N–H and O–H groups in total. The number of aliphatic carboxylic acids is 1. The van der Waals surface area contributed by atoms with Crippen LogP contribution in [0.2, 0.25) is 0 Å². The lowest BCUT2D eigenvalue weighted by Crippen LogP contribution is -2.28. The first-order valence-corrected chi connectivity index (χ1v) is 5.84.